The van der Waals surface area contributed by atoms with Crippen molar-refractivity contribution in [3.63, 3.8) is 0 Å². The number of benzene rings is 1. The van der Waals surface area contributed by atoms with Crippen LogP contribution in [0.4, 0.5) is 0 Å². The Kier molecular flexibility index (Phi) is 5.16. The number of rotatable bonds is 5. The molecule has 0 spiro atoms. The third-order valence-electron chi connectivity index (χ3n) is 4.72. The zero-order valence-electron chi connectivity index (χ0n) is 14.5. The number of fused-ring (bicyclic) bond motifs is 1. The summed E-state index contributed by atoms with van der Waals surface area (Å²) < 4.78 is 2.58. The summed E-state index contributed by atoms with van der Waals surface area (Å²) in [4.78, 5) is 36.6. The lowest BCUT2D eigenvalue weighted by Gasteiger charge is -2.14. The molecule has 0 saturated heterocycles. The van der Waals surface area contributed by atoms with Gasteiger partial charge in [-0.1, -0.05) is 23.8 Å². The molecule has 3 rings (SSSR count). The highest BCUT2D eigenvalue weighted by atomic mass is 16.2. The monoisotopic (exact) mass is 341 g/mol. The van der Waals surface area contributed by atoms with Crippen LogP contribution in [0.3, 0.4) is 0 Å². The Morgan fingerprint density at radius 2 is 1.88 bits per heavy atom. The molecule has 1 heterocycles. The SMILES string of the molecule is Cn1c(=O)c(=O)n(CC(=O)NCCC2=CCCCC2)c2ccccc21. The van der Waals surface area contributed by atoms with Crippen LogP contribution < -0.4 is 16.4 Å². The predicted molar refractivity (Wildman–Crippen MR) is 97.6 cm³/mol. The smallest absolute Gasteiger partial charge is 0.317 e. The average molecular weight is 341 g/mol. The largest absolute Gasteiger partial charge is 0.354 e. The first-order chi connectivity index (χ1) is 12.1. The third kappa shape index (κ3) is 3.73. The molecule has 0 atom stereocenters. The quantitative estimate of drug-likeness (QED) is 0.665. The number of carbonyl (C=O) groups is 1. The van der Waals surface area contributed by atoms with Gasteiger partial charge in [-0.2, -0.15) is 0 Å². The topological polar surface area (TPSA) is 73.1 Å². The molecule has 0 saturated carbocycles. The molecule has 0 aliphatic heterocycles. The molecule has 0 unspecified atom stereocenters. The Balaban J connectivity index is 1.74. The van der Waals surface area contributed by atoms with Gasteiger partial charge in [-0.3, -0.25) is 19.0 Å². The number of nitrogens with one attached hydrogen (secondary N) is 1. The first kappa shape index (κ1) is 17.2. The van der Waals surface area contributed by atoms with E-state index in [0.29, 0.717) is 17.6 Å². The zero-order valence-corrected chi connectivity index (χ0v) is 14.5. The van der Waals surface area contributed by atoms with Crippen molar-refractivity contribution < 1.29 is 4.79 Å². The summed E-state index contributed by atoms with van der Waals surface area (Å²) in [6.07, 6.45) is 7.79. The van der Waals surface area contributed by atoms with Crippen LogP contribution in [-0.2, 0) is 18.4 Å². The van der Waals surface area contributed by atoms with Gasteiger partial charge >= 0.3 is 11.1 Å². The lowest BCUT2D eigenvalue weighted by molar-refractivity contribution is -0.121. The zero-order chi connectivity index (χ0) is 17.8. The first-order valence-corrected chi connectivity index (χ1v) is 8.71. The summed E-state index contributed by atoms with van der Waals surface area (Å²) in [5.74, 6) is -0.253. The van der Waals surface area contributed by atoms with Gasteiger partial charge in [0.2, 0.25) is 5.91 Å². The van der Waals surface area contributed by atoms with Crippen LogP contribution in [0.5, 0.6) is 0 Å². The fraction of sp³-hybridized carbons (Fsp3) is 0.421. The second-order valence-corrected chi connectivity index (χ2v) is 6.45. The van der Waals surface area contributed by atoms with Crippen molar-refractivity contribution >= 4 is 16.9 Å². The number of nitrogens with zero attached hydrogens (tertiary/aromatic N) is 2. The van der Waals surface area contributed by atoms with E-state index in [1.807, 2.05) is 0 Å². The highest BCUT2D eigenvalue weighted by molar-refractivity contribution is 5.80. The molecule has 2 aromatic rings. The highest BCUT2D eigenvalue weighted by Gasteiger charge is 2.13. The second-order valence-electron chi connectivity index (χ2n) is 6.45. The molecule has 1 aliphatic carbocycles. The van der Waals surface area contributed by atoms with E-state index >= 15 is 0 Å². The van der Waals surface area contributed by atoms with E-state index in [9.17, 15) is 14.4 Å². The maximum absolute atomic E-state index is 12.3. The predicted octanol–water partition coefficient (Wildman–Crippen LogP) is 1.71. The van der Waals surface area contributed by atoms with Crippen molar-refractivity contribution in [3.8, 4) is 0 Å². The van der Waals surface area contributed by atoms with E-state index < -0.39 is 11.1 Å². The fourth-order valence-electron chi connectivity index (χ4n) is 3.30. The Bertz CT molecular complexity index is 937. The van der Waals surface area contributed by atoms with E-state index in [0.717, 1.165) is 19.3 Å². The third-order valence-corrected chi connectivity index (χ3v) is 4.72. The van der Waals surface area contributed by atoms with Crippen molar-refractivity contribution in [3.05, 3.63) is 56.6 Å². The van der Waals surface area contributed by atoms with Gasteiger partial charge in [0.05, 0.1) is 11.0 Å². The van der Waals surface area contributed by atoms with Crippen LogP contribution in [0.2, 0.25) is 0 Å². The van der Waals surface area contributed by atoms with Crippen molar-refractivity contribution in [2.24, 2.45) is 7.05 Å². The normalized spacial score (nSPS) is 14.4. The maximum Gasteiger partial charge on any atom is 0.317 e. The van der Waals surface area contributed by atoms with Crippen molar-refractivity contribution in [1.29, 1.82) is 0 Å². The van der Waals surface area contributed by atoms with Gasteiger partial charge in [0.25, 0.3) is 0 Å². The molecule has 6 nitrogen and oxygen atoms in total. The summed E-state index contributed by atoms with van der Waals surface area (Å²) in [6, 6.07) is 7.10. The maximum atomic E-state index is 12.3. The van der Waals surface area contributed by atoms with E-state index in [4.69, 9.17) is 0 Å². The molecule has 1 amide bonds. The Hall–Kier alpha value is -2.63. The number of aromatic nitrogens is 2. The number of amides is 1. The molecular formula is C19H23N3O3. The van der Waals surface area contributed by atoms with Crippen LogP contribution in [0.15, 0.2) is 45.5 Å². The van der Waals surface area contributed by atoms with Gasteiger partial charge < -0.3 is 9.88 Å². The molecule has 0 fully saturated rings. The standard InChI is InChI=1S/C19H23N3O3/c1-21-15-9-5-6-10-16(15)22(19(25)18(21)24)13-17(23)20-12-11-14-7-3-2-4-8-14/h5-7,9-10H,2-4,8,11-13H2,1H3,(H,20,23). The Morgan fingerprint density at radius 3 is 2.60 bits per heavy atom. The Labute approximate surface area is 145 Å². The van der Waals surface area contributed by atoms with Crippen molar-refractivity contribution in [2.75, 3.05) is 6.54 Å². The highest BCUT2D eigenvalue weighted by Crippen LogP contribution is 2.19. The molecule has 0 radical (unpaired) electrons. The molecular weight excluding hydrogens is 318 g/mol. The van der Waals surface area contributed by atoms with Crippen LogP contribution in [-0.4, -0.2) is 21.6 Å². The molecule has 1 aromatic heterocycles. The number of aryl methyl sites for hydroxylation is 1. The molecule has 6 heteroatoms. The molecule has 132 valence electrons. The minimum Gasteiger partial charge on any atom is -0.354 e. The summed E-state index contributed by atoms with van der Waals surface area (Å²) in [5, 5.41) is 2.86. The van der Waals surface area contributed by atoms with Crippen LogP contribution in [0.1, 0.15) is 32.1 Å². The molecule has 1 N–H and O–H groups in total. The van der Waals surface area contributed by atoms with Crippen LogP contribution in [0.25, 0.3) is 11.0 Å². The van der Waals surface area contributed by atoms with Gasteiger partial charge in [0.15, 0.2) is 0 Å². The first-order valence-electron chi connectivity index (χ1n) is 8.71. The van der Waals surface area contributed by atoms with E-state index in [1.54, 1.807) is 31.3 Å². The molecule has 25 heavy (non-hydrogen) atoms. The lowest BCUT2D eigenvalue weighted by Crippen LogP contribution is -2.43. The summed E-state index contributed by atoms with van der Waals surface area (Å²) >= 11 is 0. The Morgan fingerprint density at radius 1 is 1.12 bits per heavy atom. The van der Waals surface area contributed by atoms with E-state index in [1.165, 1.54) is 27.5 Å². The number of carbonyl (C=O) groups excluding carboxylic acids is 1. The molecule has 1 aromatic carbocycles. The summed E-state index contributed by atoms with van der Waals surface area (Å²) in [5.41, 5.74) is 1.31. The van der Waals surface area contributed by atoms with Gasteiger partial charge in [-0.05, 0) is 44.2 Å². The van der Waals surface area contributed by atoms with Gasteiger partial charge in [-0.15, -0.1) is 0 Å². The van der Waals surface area contributed by atoms with Crippen LogP contribution >= 0.6 is 0 Å². The minimum atomic E-state index is -0.675. The van der Waals surface area contributed by atoms with Crippen LogP contribution in [0, 0.1) is 0 Å². The van der Waals surface area contributed by atoms with Crippen molar-refractivity contribution in [1.82, 2.24) is 14.5 Å². The minimum absolute atomic E-state index is 0.144. The van der Waals surface area contributed by atoms with Crippen molar-refractivity contribution in [2.45, 2.75) is 38.6 Å². The molecule has 0 bridgehead atoms. The number of hydrogen-bond acceptors (Lipinski definition) is 3. The van der Waals surface area contributed by atoms with E-state index in [2.05, 4.69) is 11.4 Å². The summed E-state index contributed by atoms with van der Waals surface area (Å²) in [7, 11) is 1.56. The van der Waals surface area contributed by atoms with E-state index in [-0.39, 0.29) is 12.5 Å². The van der Waals surface area contributed by atoms with Gasteiger partial charge in [-0.25, -0.2) is 0 Å². The van der Waals surface area contributed by atoms with Gasteiger partial charge in [0.1, 0.15) is 6.54 Å². The summed E-state index contributed by atoms with van der Waals surface area (Å²) in [6.45, 7) is 0.413. The average Bonchev–Trinajstić information content (AvgIpc) is 2.64. The lowest BCUT2D eigenvalue weighted by atomic mass is 9.97. The number of para-hydroxylation sites is 2. The molecule has 1 aliphatic rings. The fourth-order valence-corrected chi connectivity index (χ4v) is 3.30. The number of allylic oxidation sites excluding steroid dienone is 1. The second kappa shape index (κ2) is 7.51. The number of hydrogen-bond donors (Lipinski definition) is 1. The van der Waals surface area contributed by atoms with Gasteiger partial charge in [0, 0.05) is 13.6 Å².